The van der Waals surface area contributed by atoms with Gasteiger partial charge in [0.15, 0.2) is 5.16 Å². The quantitative estimate of drug-likeness (QED) is 0.381. The number of rotatable bonds is 5. The molecule has 1 aromatic carbocycles. The minimum Gasteiger partial charge on any atom is -0.353 e. The fourth-order valence-corrected chi connectivity index (χ4v) is 2.52. The van der Waals surface area contributed by atoms with Gasteiger partial charge in [-0.1, -0.05) is 35.5 Å². The molecule has 2 aromatic rings. The van der Waals surface area contributed by atoms with Crippen molar-refractivity contribution in [3.8, 4) is 0 Å². The zero-order valence-electron chi connectivity index (χ0n) is 12.2. The molecule has 0 saturated carbocycles. The standard InChI is InChI=1S/C14H18ClN5S/c1-9(10-5-4-6-11(15)7-10)20(2)13-8-12(19-16)17-14(18-13)21-3/h4-9H,16H2,1-3H3,(H,17,18,19). The normalized spacial score (nSPS) is 12.0. The fraction of sp³-hybridized carbons (Fsp3) is 0.286. The average Bonchev–Trinajstić information content (AvgIpc) is 2.52. The number of nitrogens with two attached hydrogens (primary N) is 1. The molecule has 1 heterocycles. The maximum absolute atomic E-state index is 6.06. The molecule has 0 spiro atoms. The van der Waals surface area contributed by atoms with Gasteiger partial charge in [-0.2, -0.15) is 0 Å². The largest absolute Gasteiger partial charge is 0.353 e. The minimum absolute atomic E-state index is 0.124. The zero-order valence-corrected chi connectivity index (χ0v) is 13.7. The van der Waals surface area contributed by atoms with E-state index in [1.54, 1.807) is 0 Å². The van der Waals surface area contributed by atoms with Crippen LogP contribution in [0, 0.1) is 0 Å². The highest BCUT2D eigenvalue weighted by Crippen LogP contribution is 2.27. The van der Waals surface area contributed by atoms with Crippen LogP contribution >= 0.6 is 23.4 Å². The molecule has 0 amide bonds. The molecule has 3 N–H and O–H groups in total. The minimum atomic E-state index is 0.124. The lowest BCUT2D eigenvalue weighted by Gasteiger charge is -2.27. The second kappa shape index (κ2) is 6.98. The molecule has 0 aliphatic carbocycles. The third-order valence-corrected chi connectivity index (χ3v) is 4.08. The van der Waals surface area contributed by atoms with Crippen molar-refractivity contribution in [1.82, 2.24) is 9.97 Å². The van der Waals surface area contributed by atoms with E-state index in [0.29, 0.717) is 11.0 Å². The number of nitrogens with zero attached hydrogens (tertiary/aromatic N) is 3. The van der Waals surface area contributed by atoms with E-state index in [4.69, 9.17) is 17.4 Å². The number of anilines is 2. The Morgan fingerprint density at radius 2 is 2.10 bits per heavy atom. The molecule has 1 atom stereocenters. The van der Waals surface area contributed by atoms with Crippen LogP contribution in [0.5, 0.6) is 0 Å². The van der Waals surface area contributed by atoms with E-state index < -0.39 is 0 Å². The molecule has 1 aromatic heterocycles. The van der Waals surface area contributed by atoms with Crippen LogP contribution in [0.1, 0.15) is 18.5 Å². The Morgan fingerprint density at radius 1 is 1.33 bits per heavy atom. The van der Waals surface area contributed by atoms with Gasteiger partial charge >= 0.3 is 0 Å². The predicted molar refractivity (Wildman–Crippen MR) is 89.9 cm³/mol. The second-order valence-electron chi connectivity index (χ2n) is 4.58. The van der Waals surface area contributed by atoms with E-state index >= 15 is 0 Å². The van der Waals surface area contributed by atoms with E-state index in [0.717, 1.165) is 16.4 Å². The summed E-state index contributed by atoms with van der Waals surface area (Å²) < 4.78 is 0. The highest BCUT2D eigenvalue weighted by molar-refractivity contribution is 7.98. The van der Waals surface area contributed by atoms with Crippen LogP contribution in [0.25, 0.3) is 0 Å². The van der Waals surface area contributed by atoms with Crippen molar-refractivity contribution in [3.63, 3.8) is 0 Å². The summed E-state index contributed by atoms with van der Waals surface area (Å²) in [5.41, 5.74) is 3.69. The smallest absolute Gasteiger partial charge is 0.191 e. The van der Waals surface area contributed by atoms with Gasteiger partial charge in [0.1, 0.15) is 11.6 Å². The Bertz CT molecular complexity index is 600. The molecule has 21 heavy (non-hydrogen) atoms. The number of benzene rings is 1. The maximum Gasteiger partial charge on any atom is 0.191 e. The monoisotopic (exact) mass is 323 g/mol. The van der Waals surface area contributed by atoms with Gasteiger partial charge in [0.25, 0.3) is 0 Å². The van der Waals surface area contributed by atoms with Gasteiger partial charge in [-0.3, -0.25) is 0 Å². The van der Waals surface area contributed by atoms with Crippen LogP contribution in [0.15, 0.2) is 35.5 Å². The molecule has 0 saturated heterocycles. The highest BCUT2D eigenvalue weighted by Gasteiger charge is 2.15. The lowest BCUT2D eigenvalue weighted by molar-refractivity contribution is 0.719. The molecule has 1 unspecified atom stereocenters. The van der Waals surface area contributed by atoms with Crippen LogP contribution in [0.4, 0.5) is 11.6 Å². The molecule has 2 rings (SSSR count). The summed E-state index contributed by atoms with van der Waals surface area (Å²) in [6, 6.07) is 9.76. The van der Waals surface area contributed by atoms with Crippen molar-refractivity contribution in [2.45, 2.75) is 18.1 Å². The molecule has 0 radical (unpaired) electrons. The third kappa shape index (κ3) is 3.78. The number of nitrogen functional groups attached to an aromatic ring is 1. The summed E-state index contributed by atoms with van der Waals surface area (Å²) in [5.74, 6) is 6.86. The SMILES string of the molecule is CSc1nc(NN)cc(N(C)C(C)c2cccc(Cl)c2)n1. The molecule has 112 valence electrons. The Balaban J connectivity index is 2.32. The van der Waals surface area contributed by atoms with Crippen molar-refractivity contribution >= 4 is 35.0 Å². The van der Waals surface area contributed by atoms with Crippen LogP contribution in [0.3, 0.4) is 0 Å². The van der Waals surface area contributed by atoms with Crippen molar-refractivity contribution in [3.05, 3.63) is 40.9 Å². The average molecular weight is 324 g/mol. The molecule has 0 aliphatic heterocycles. The van der Waals surface area contributed by atoms with E-state index in [1.165, 1.54) is 11.8 Å². The molecule has 7 heteroatoms. The van der Waals surface area contributed by atoms with E-state index in [2.05, 4.69) is 27.2 Å². The number of hydrazine groups is 1. The summed E-state index contributed by atoms with van der Waals surface area (Å²) in [4.78, 5) is 10.8. The van der Waals surface area contributed by atoms with Crippen LogP contribution < -0.4 is 16.2 Å². The molecular weight excluding hydrogens is 306 g/mol. The molecule has 0 bridgehead atoms. The second-order valence-corrected chi connectivity index (χ2v) is 5.79. The Labute approximate surface area is 133 Å². The molecule has 0 fully saturated rings. The Kier molecular flexibility index (Phi) is 5.27. The number of nitrogens with one attached hydrogen (secondary N) is 1. The van der Waals surface area contributed by atoms with Crippen LogP contribution in [0.2, 0.25) is 5.02 Å². The van der Waals surface area contributed by atoms with Gasteiger partial charge < -0.3 is 10.3 Å². The van der Waals surface area contributed by atoms with Crippen molar-refractivity contribution < 1.29 is 0 Å². The van der Waals surface area contributed by atoms with Gasteiger partial charge in [0.05, 0.1) is 6.04 Å². The summed E-state index contributed by atoms with van der Waals surface area (Å²) >= 11 is 7.54. The maximum atomic E-state index is 6.06. The van der Waals surface area contributed by atoms with Crippen LogP contribution in [-0.4, -0.2) is 23.3 Å². The first-order valence-corrected chi connectivity index (χ1v) is 8.03. The first-order valence-electron chi connectivity index (χ1n) is 6.43. The lowest BCUT2D eigenvalue weighted by Crippen LogP contribution is -2.23. The van der Waals surface area contributed by atoms with Gasteiger partial charge in [-0.15, -0.1) is 0 Å². The van der Waals surface area contributed by atoms with Gasteiger partial charge in [0.2, 0.25) is 0 Å². The topological polar surface area (TPSA) is 67.1 Å². The van der Waals surface area contributed by atoms with Gasteiger partial charge in [-0.05, 0) is 30.9 Å². The number of hydrogen-bond donors (Lipinski definition) is 2. The Morgan fingerprint density at radius 3 is 2.71 bits per heavy atom. The number of aromatic nitrogens is 2. The van der Waals surface area contributed by atoms with E-state index in [9.17, 15) is 0 Å². The highest BCUT2D eigenvalue weighted by atomic mass is 35.5. The van der Waals surface area contributed by atoms with E-state index in [1.807, 2.05) is 43.6 Å². The van der Waals surface area contributed by atoms with Crippen LogP contribution in [-0.2, 0) is 0 Å². The van der Waals surface area contributed by atoms with Gasteiger partial charge in [0, 0.05) is 18.1 Å². The first kappa shape index (κ1) is 15.9. The predicted octanol–water partition coefficient (Wildman–Crippen LogP) is 3.33. The van der Waals surface area contributed by atoms with Gasteiger partial charge in [-0.25, -0.2) is 15.8 Å². The lowest BCUT2D eigenvalue weighted by atomic mass is 10.1. The van der Waals surface area contributed by atoms with Crippen molar-refractivity contribution in [1.29, 1.82) is 0 Å². The van der Waals surface area contributed by atoms with E-state index in [-0.39, 0.29) is 6.04 Å². The summed E-state index contributed by atoms with van der Waals surface area (Å²) in [6.45, 7) is 2.10. The fourth-order valence-electron chi connectivity index (χ4n) is 1.95. The summed E-state index contributed by atoms with van der Waals surface area (Å²) in [6.07, 6.45) is 1.93. The molecular formula is C14H18ClN5S. The summed E-state index contributed by atoms with van der Waals surface area (Å²) in [5, 5.41) is 1.40. The number of hydrogen-bond acceptors (Lipinski definition) is 6. The number of halogens is 1. The van der Waals surface area contributed by atoms with Crippen molar-refractivity contribution in [2.75, 3.05) is 23.6 Å². The zero-order chi connectivity index (χ0) is 15.4. The summed E-state index contributed by atoms with van der Waals surface area (Å²) in [7, 11) is 1.98. The number of thioether (sulfide) groups is 1. The van der Waals surface area contributed by atoms with Crippen molar-refractivity contribution in [2.24, 2.45) is 5.84 Å². The Hall–Kier alpha value is -1.50. The first-order chi connectivity index (χ1) is 10.0. The molecule has 5 nitrogen and oxygen atoms in total. The molecule has 0 aliphatic rings. The third-order valence-electron chi connectivity index (χ3n) is 3.30.